The molecule has 0 saturated carbocycles. The maximum atomic E-state index is 13.0. The van der Waals surface area contributed by atoms with Gasteiger partial charge >= 0.3 is 5.97 Å². The van der Waals surface area contributed by atoms with Gasteiger partial charge in [-0.25, -0.2) is 4.79 Å². The van der Waals surface area contributed by atoms with Crippen LogP contribution in [0.1, 0.15) is 71.8 Å². The van der Waals surface area contributed by atoms with Crippen LogP contribution >= 0.6 is 11.3 Å². The van der Waals surface area contributed by atoms with E-state index in [4.69, 9.17) is 4.74 Å². The summed E-state index contributed by atoms with van der Waals surface area (Å²) in [7, 11) is 0. The molecule has 1 unspecified atom stereocenters. The number of carbonyl (C=O) groups is 2. The summed E-state index contributed by atoms with van der Waals surface area (Å²) in [4.78, 5) is 26.9. The van der Waals surface area contributed by atoms with Crippen LogP contribution in [-0.2, 0) is 22.4 Å². The maximum Gasteiger partial charge on any atom is 0.341 e. The Balaban J connectivity index is 1.88. The summed E-state index contributed by atoms with van der Waals surface area (Å²) >= 11 is 1.54. The normalized spacial score (nSPS) is 14.3. The van der Waals surface area contributed by atoms with Gasteiger partial charge in [-0.3, -0.25) is 4.79 Å². The number of ether oxygens (including phenoxy) is 1. The fourth-order valence-corrected chi connectivity index (χ4v) is 4.87. The van der Waals surface area contributed by atoms with E-state index in [2.05, 4.69) is 5.32 Å². The summed E-state index contributed by atoms with van der Waals surface area (Å²) in [5.41, 5.74) is 2.66. The van der Waals surface area contributed by atoms with E-state index in [0.717, 1.165) is 43.2 Å². The molecule has 1 atom stereocenters. The van der Waals surface area contributed by atoms with Gasteiger partial charge in [-0.15, -0.1) is 11.3 Å². The highest BCUT2D eigenvalue weighted by Crippen LogP contribution is 2.39. The van der Waals surface area contributed by atoms with Gasteiger partial charge in [-0.1, -0.05) is 44.2 Å². The van der Waals surface area contributed by atoms with E-state index < -0.39 is 0 Å². The van der Waals surface area contributed by atoms with E-state index in [0.29, 0.717) is 23.6 Å². The zero-order valence-electron chi connectivity index (χ0n) is 16.0. The molecule has 2 aromatic rings. The molecule has 1 aliphatic rings. The number of amides is 1. The lowest BCUT2D eigenvalue weighted by atomic mass is 9.94. The van der Waals surface area contributed by atoms with Gasteiger partial charge in [0.15, 0.2) is 0 Å². The Labute approximate surface area is 164 Å². The van der Waals surface area contributed by atoms with Crippen LogP contribution in [-0.4, -0.2) is 18.5 Å². The predicted molar refractivity (Wildman–Crippen MR) is 110 cm³/mol. The van der Waals surface area contributed by atoms with Crippen molar-refractivity contribution >= 4 is 28.2 Å². The first-order valence-electron chi connectivity index (χ1n) is 9.83. The minimum absolute atomic E-state index is 0.0631. The van der Waals surface area contributed by atoms with Gasteiger partial charge in [-0.2, -0.15) is 0 Å². The second-order valence-corrected chi connectivity index (χ2v) is 8.02. The van der Waals surface area contributed by atoms with Crippen molar-refractivity contribution in [2.24, 2.45) is 0 Å². The lowest BCUT2D eigenvalue weighted by molar-refractivity contribution is -0.117. The third kappa shape index (κ3) is 4.41. The molecule has 0 spiro atoms. The number of carbonyl (C=O) groups excluding carboxylic acids is 2. The minimum Gasteiger partial charge on any atom is -0.462 e. The van der Waals surface area contributed by atoms with Crippen molar-refractivity contribution in [3.8, 4) is 0 Å². The summed E-state index contributed by atoms with van der Waals surface area (Å²) in [6.07, 6.45) is 5.55. The van der Waals surface area contributed by atoms with Crippen molar-refractivity contribution in [2.75, 3.05) is 11.9 Å². The highest BCUT2D eigenvalue weighted by molar-refractivity contribution is 7.17. The Morgan fingerprint density at radius 1 is 1.15 bits per heavy atom. The second kappa shape index (κ2) is 9.18. The fourth-order valence-electron chi connectivity index (χ4n) is 3.59. The second-order valence-electron chi connectivity index (χ2n) is 6.91. The van der Waals surface area contributed by atoms with Gasteiger partial charge in [0.05, 0.1) is 18.1 Å². The number of nitrogens with one attached hydrogen (secondary N) is 1. The molecule has 1 amide bonds. The number of hydrogen-bond donors (Lipinski definition) is 1. The molecule has 3 rings (SSSR count). The molecule has 1 aliphatic carbocycles. The molecule has 0 aliphatic heterocycles. The van der Waals surface area contributed by atoms with Crippen LogP contribution in [0.5, 0.6) is 0 Å². The Hall–Kier alpha value is -2.14. The third-order valence-electron chi connectivity index (χ3n) is 4.98. The van der Waals surface area contributed by atoms with E-state index in [1.54, 1.807) is 11.3 Å². The molecule has 27 heavy (non-hydrogen) atoms. The summed E-state index contributed by atoms with van der Waals surface area (Å²) in [5, 5.41) is 3.71. The quantitative estimate of drug-likeness (QED) is 0.656. The van der Waals surface area contributed by atoms with Crippen molar-refractivity contribution in [3.63, 3.8) is 0 Å². The average Bonchev–Trinajstić information content (AvgIpc) is 3.05. The number of anilines is 1. The van der Waals surface area contributed by atoms with Crippen LogP contribution in [0.4, 0.5) is 5.00 Å². The summed E-state index contributed by atoms with van der Waals surface area (Å²) in [6, 6.07) is 9.79. The van der Waals surface area contributed by atoms with Gasteiger partial charge in [-0.05, 0) is 49.7 Å². The van der Waals surface area contributed by atoms with Gasteiger partial charge in [0.1, 0.15) is 5.00 Å². The SMILES string of the molecule is CCCOC(=O)c1c(NC(=O)C(CC)c2ccccc2)sc2c1CCCC2. The molecular formula is C22H27NO3S. The van der Waals surface area contributed by atoms with Crippen molar-refractivity contribution in [1.29, 1.82) is 0 Å². The Bertz CT molecular complexity index is 797. The first kappa shape index (κ1) is 19.6. The lowest BCUT2D eigenvalue weighted by Gasteiger charge is -2.16. The first-order chi connectivity index (χ1) is 13.2. The van der Waals surface area contributed by atoms with E-state index in [1.165, 1.54) is 4.88 Å². The Morgan fingerprint density at radius 3 is 2.59 bits per heavy atom. The molecule has 1 heterocycles. The van der Waals surface area contributed by atoms with Gasteiger partial charge < -0.3 is 10.1 Å². The van der Waals surface area contributed by atoms with Crippen LogP contribution in [0.25, 0.3) is 0 Å². The smallest absolute Gasteiger partial charge is 0.341 e. The summed E-state index contributed by atoms with van der Waals surface area (Å²) < 4.78 is 5.41. The van der Waals surface area contributed by atoms with E-state index in [9.17, 15) is 9.59 Å². The minimum atomic E-state index is -0.306. The van der Waals surface area contributed by atoms with Gasteiger partial charge in [0.2, 0.25) is 5.91 Å². The third-order valence-corrected chi connectivity index (χ3v) is 6.18. The van der Waals surface area contributed by atoms with Crippen molar-refractivity contribution in [2.45, 2.75) is 58.3 Å². The molecule has 4 nitrogen and oxygen atoms in total. The molecule has 0 fully saturated rings. The summed E-state index contributed by atoms with van der Waals surface area (Å²) in [6.45, 7) is 4.39. The number of rotatable bonds is 7. The fraction of sp³-hybridized carbons (Fsp3) is 0.455. The van der Waals surface area contributed by atoms with Crippen molar-refractivity contribution in [1.82, 2.24) is 0 Å². The largest absolute Gasteiger partial charge is 0.462 e. The molecule has 1 N–H and O–H groups in total. The number of benzene rings is 1. The Kier molecular flexibility index (Phi) is 6.67. The van der Waals surface area contributed by atoms with Crippen LogP contribution in [0.2, 0.25) is 0 Å². The highest BCUT2D eigenvalue weighted by atomic mass is 32.1. The van der Waals surface area contributed by atoms with E-state index in [1.807, 2.05) is 44.2 Å². The van der Waals surface area contributed by atoms with Crippen molar-refractivity contribution in [3.05, 3.63) is 51.9 Å². The topological polar surface area (TPSA) is 55.4 Å². The number of thiophene rings is 1. The number of aryl methyl sites for hydroxylation is 1. The maximum absolute atomic E-state index is 13.0. The average molecular weight is 386 g/mol. The highest BCUT2D eigenvalue weighted by Gasteiger charge is 2.29. The van der Waals surface area contributed by atoms with E-state index >= 15 is 0 Å². The van der Waals surface area contributed by atoms with Crippen LogP contribution in [0.3, 0.4) is 0 Å². The molecule has 1 aromatic heterocycles. The van der Waals surface area contributed by atoms with Gasteiger partial charge in [0, 0.05) is 4.88 Å². The molecule has 1 aromatic carbocycles. The lowest BCUT2D eigenvalue weighted by Crippen LogP contribution is -2.22. The van der Waals surface area contributed by atoms with Crippen LogP contribution in [0.15, 0.2) is 30.3 Å². The number of fused-ring (bicyclic) bond motifs is 1. The van der Waals surface area contributed by atoms with Crippen LogP contribution in [0, 0.1) is 0 Å². The van der Waals surface area contributed by atoms with Crippen molar-refractivity contribution < 1.29 is 14.3 Å². The first-order valence-corrected chi connectivity index (χ1v) is 10.6. The molecule has 0 saturated heterocycles. The number of esters is 1. The predicted octanol–water partition coefficient (Wildman–Crippen LogP) is 5.33. The Morgan fingerprint density at radius 2 is 1.89 bits per heavy atom. The molecular weight excluding hydrogens is 358 g/mol. The molecule has 5 heteroatoms. The zero-order chi connectivity index (χ0) is 19.2. The standard InChI is InChI=1S/C22H27NO3S/c1-3-14-26-22(25)19-17-12-8-9-13-18(17)27-21(19)23-20(24)16(4-2)15-10-6-5-7-11-15/h5-7,10-11,16H,3-4,8-9,12-14H2,1-2H3,(H,23,24). The summed E-state index contributed by atoms with van der Waals surface area (Å²) in [5.74, 6) is -0.601. The molecule has 144 valence electrons. The van der Waals surface area contributed by atoms with Crippen LogP contribution < -0.4 is 5.32 Å². The van der Waals surface area contributed by atoms with Gasteiger partial charge in [0.25, 0.3) is 0 Å². The molecule has 0 radical (unpaired) electrons. The monoisotopic (exact) mass is 385 g/mol. The van der Waals surface area contributed by atoms with E-state index in [-0.39, 0.29) is 17.8 Å². The molecule has 0 bridgehead atoms. The number of hydrogen-bond acceptors (Lipinski definition) is 4. The zero-order valence-corrected chi connectivity index (χ0v) is 16.9.